The number of nitrogens with two attached hydrogens (primary N) is 1. The van der Waals surface area contributed by atoms with Crippen LogP contribution < -0.4 is 11.1 Å². The number of hydrogen-bond donors (Lipinski definition) is 2. The number of nitro groups is 1. The molecule has 0 spiro atoms. The molecule has 0 aromatic heterocycles. The van der Waals surface area contributed by atoms with Gasteiger partial charge in [0.15, 0.2) is 0 Å². The molecule has 0 saturated heterocycles. The molecule has 0 aliphatic heterocycles. The highest BCUT2D eigenvalue weighted by Crippen LogP contribution is 2.36. The van der Waals surface area contributed by atoms with Gasteiger partial charge in [0.25, 0.3) is 5.69 Å². The molecular weight excluding hydrogens is 283 g/mol. The van der Waals surface area contributed by atoms with Crippen molar-refractivity contribution in [2.45, 2.75) is 6.18 Å². The lowest BCUT2D eigenvalue weighted by atomic mass is 10.1. The fourth-order valence-electron chi connectivity index (χ4n) is 1.37. The number of alkyl halides is 3. The molecule has 10 heteroatoms. The molecule has 0 saturated carbocycles. The van der Waals surface area contributed by atoms with E-state index in [2.05, 4.69) is 15.8 Å². The van der Waals surface area contributed by atoms with Gasteiger partial charge < -0.3 is 15.8 Å². The number of carbonyl (C=O) groups is 1. The highest BCUT2D eigenvalue weighted by molar-refractivity contribution is 5.64. The van der Waals surface area contributed by atoms with Crippen LogP contribution in [0.1, 0.15) is 5.56 Å². The second-order valence-corrected chi connectivity index (χ2v) is 3.58. The average molecular weight is 293 g/mol. The van der Waals surface area contributed by atoms with Gasteiger partial charge in [0.1, 0.15) is 6.61 Å². The van der Waals surface area contributed by atoms with Crippen LogP contribution in [0.15, 0.2) is 18.2 Å². The van der Waals surface area contributed by atoms with Crippen LogP contribution in [-0.2, 0) is 10.9 Å². The van der Waals surface area contributed by atoms with Gasteiger partial charge in [-0.15, -0.1) is 0 Å². The number of nitro benzene ring substituents is 1. The molecule has 0 aliphatic rings. The van der Waals surface area contributed by atoms with Gasteiger partial charge in [0.2, 0.25) is 0 Å². The number of ether oxygens (including phenoxy) is 1. The van der Waals surface area contributed by atoms with Crippen LogP contribution in [0.4, 0.5) is 29.3 Å². The summed E-state index contributed by atoms with van der Waals surface area (Å²) < 4.78 is 42.6. The number of anilines is 1. The van der Waals surface area contributed by atoms with E-state index in [9.17, 15) is 28.1 Å². The first-order chi connectivity index (χ1) is 9.21. The largest absolute Gasteiger partial charge is 0.448 e. The van der Waals surface area contributed by atoms with Gasteiger partial charge in [0, 0.05) is 24.4 Å². The Morgan fingerprint density at radius 1 is 1.45 bits per heavy atom. The molecule has 0 aliphatic carbocycles. The molecule has 1 rings (SSSR count). The van der Waals surface area contributed by atoms with Gasteiger partial charge in [-0.3, -0.25) is 10.1 Å². The topological polar surface area (TPSA) is 107 Å². The van der Waals surface area contributed by atoms with Crippen molar-refractivity contribution in [3.05, 3.63) is 33.9 Å². The van der Waals surface area contributed by atoms with Crippen LogP contribution in [0.5, 0.6) is 0 Å². The van der Waals surface area contributed by atoms with E-state index in [0.717, 1.165) is 12.1 Å². The molecule has 0 heterocycles. The van der Waals surface area contributed by atoms with Crippen LogP contribution in [0, 0.1) is 10.1 Å². The summed E-state index contributed by atoms with van der Waals surface area (Å²) in [7, 11) is 0. The number of benzene rings is 1. The van der Waals surface area contributed by atoms with Crippen molar-refractivity contribution >= 4 is 17.5 Å². The van der Waals surface area contributed by atoms with Crippen molar-refractivity contribution in [2.24, 2.45) is 5.73 Å². The van der Waals surface area contributed by atoms with E-state index in [1.165, 1.54) is 0 Å². The minimum absolute atomic E-state index is 0.121. The van der Waals surface area contributed by atoms with E-state index < -0.39 is 28.4 Å². The van der Waals surface area contributed by atoms with Gasteiger partial charge in [-0.1, -0.05) is 0 Å². The normalized spacial score (nSPS) is 10.9. The van der Waals surface area contributed by atoms with Gasteiger partial charge in [-0.25, -0.2) is 4.79 Å². The number of hydrogen-bond acceptors (Lipinski definition) is 5. The third-order valence-electron chi connectivity index (χ3n) is 2.18. The average Bonchev–Trinajstić information content (AvgIpc) is 2.33. The smallest absolute Gasteiger partial charge is 0.418 e. The molecule has 110 valence electrons. The SMILES string of the molecule is NC(=O)OCCNc1ccc([N+](=O)[O-])cc1C(F)(F)F. The number of carbonyl (C=O) groups excluding carboxylic acids is 1. The van der Waals surface area contributed by atoms with Crippen LogP contribution in [0.25, 0.3) is 0 Å². The quantitative estimate of drug-likeness (QED) is 0.491. The Balaban J connectivity index is 2.89. The Kier molecular flexibility index (Phi) is 4.73. The molecular formula is C10H10F3N3O4. The van der Waals surface area contributed by atoms with Crippen molar-refractivity contribution in [1.82, 2.24) is 0 Å². The van der Waals surface area contributed by atoms with Crippen molar-refractivity contribution < 1.29 is 27.6 Å². The monoisotopic (exact) mass is 293 g/mol. The number of primary amides is 1. The molecule has 0 bridgehead atoms. The van der Waals surface area contributed by atoms with Crippen molar-refractivity contribution in [1.29, 1.82) is 0 Å². The molecule has 20 heavy (non-hydrogen) atoms. The number of nitrogens with one attached hydrogen (secondary N) is 1. The Hall–Kier alpha value is -2.52. The maximum atomic E-state index is 12.8. The van der Waals surface area contributed by atoms with Crippen LogP contribution in [-0.4, -0.2) is 24.2 Å². The second kappa shape index (κ2) is 6.08. The molecule has 1 aromatic carbocycles. The molecule has 0 fully saturated rings. The zero-order valence-electron chi connectivity index (χ0n) is 9.94. The summed E-state index contributed by atoms with van der Waals surface area (Å²) in [5.41, 5.74) is 2.48. The third kappa shape index (κ3) is 4.30. The number of nitrogens with zero attached hydrogens (tertiary/aromatic N) is 1. The standard InChI is InChI=1S/C10H10F3N3O4/c11-10(12,13)7-5-6(16(18)19)1-2-8(7)15-3-4-20-9(14)17/h1-2,5,15H,3-4H2,(H2,14,17). The first-order valence-electron chi connectivity index (χ1n) is 5.23. The summed E-state index contributed by atoms with van der Waals surface area (Å²) in [4.78, 5) is 19.8. The van der Waals surface area contributed by atoms with E-state index in [1.54, 1.807) is 0 Å². The summed E-state index contributed by atoms with van der Waals surface area (Å²) in [6.07, 6.45) is -5.80. The fraction of sp³-hybridized carbons (Fsp3) is 0.300. The Bertz CT molecular complexity index is 519. The number of halogens is 3. The molecule has 0 unspecified atom stereocenters. The molecule has 0 atom stereocenters. The lowest BCUT2D eigenvalue weighted by molar-refractivity contribution is -0.385. The van der Waals surface area contributed by atoms with Gasteiger partial charge in [-0.2, -0.15) is 13.2 Å². The highest BCUT2D eigenvalue weighted by Gasteiger charge is 2.35. The molecule has 3 N–H and O–H groups in total. The maximum Gasteiger partial charge on any atom is 0.418 e. The zero-order valence-corrected chi connectivity index (χ0v) is 9.94. The summed E-state index contributed by atoms with van der Waals surface area (Å²) in [6.45, 7) is -0.354. The van der Waals surface area contributed by atoms with E-state index in [0.29, 0.717) is 6.07 Å². The third-order valence-corrected chi connectivity index (χ3v) is 2.18. The first kappa shape index (κ1) is 15.5. The predicted octanol–water partition coefficient (Wildman–Crippen LogP) is 2.12. The van der Waals surface area contributed by atoms with E-state index in [-0.39, 0.29) is 18.8 Å². The number of rotatable bonds is 5. The molecule has 0 radical (unpaired) electrons. The Morgan fingerprint density at radius 3 is 2.60 bits per heavy atom. The van der Waals surface area contributed by atoms with Gasteiger partial charge in [0.05, 0.1) is 10.5 Å². The van der Waals surface area contributed by atoms with Crippen LogP contribution in [0.2, 0.25) is 0 Å². The summed E-state index contributed by atoms with van der Waals surface area (Å²) in [5, 5.41) is 12.8. The minimum Gasteiger partial charge on any atom is -0.448 e. The Morgan fingerprint density at radius 2 is 2.10 bits per heavy atom. The lowest BCUT2D eigenvalue weighted by Crippen LogP contribution is -2.19. The summed E-state index contributed by atoms with van der Waals surface area (Å²) >= 11 is 0. The van der Waals surface area contributed by atoms with Crippen molar-refractivity contribution in [3.63, 3.8) is 0 Å². The predicted molar refractivity (Wildman–Crippen MR) is 62.1 cm³/mol. The zero-order chi connectivity index (χ0) is 15.3. The molecule has 1 amide bonds. The van der Waals surface area contributed by atoms with Gasteiger partial charge >= 0.3 is 12.3 Å². The van der Waals surface area contributed by atoms with E-state index >= 15 is 0 Å². The van der Waals surface area contributed by atoms with Crippen molar-refractivity contribution in [2.75, 3.05) is 18.5 Å². The Labute approximate surface area is 110 Å². The first-order valence-corrected chi connectivity index (χ1v) is 5.23. The summed E-state index contributed by atoms with van der Waals surface area (Å²) in [5.74, 6) is 0. The molecule has 7 nitrogen and oxygen atoms in total. The number of non-ortho nitro benzene ring substituents is 1. The fourth-order valence-corrected chi connectivity index (χ4v) is 1.37. The summed E-state index contributed by atoms with van der Waals surface area (Å²) in [6, 6.07) is 2.30. The van der Waals surface area contributed by atoms with Crippen LogP contribution >= 0.6 is 0 Å². The van der Waals surface area contributed by atoms with Gasteiger partial charge in [-0.05, 0) is 6.07 Å². The van der Waals surface area contributed by atoms with E-state index in [1.807, 2.05) is 0 Å². The van der Waals surface area contributed by atoms with Crippen molar-refractivity contribution in [3.8, 4) is 0 Å². The maximum absolute atomic E-state index is 12.8. The number of amides is 1. The lowest BCUT2D eigenvalue weighted by Gasteiger charge is -2.14. The minimum atomic E-state index is -4.75. The molecule has 1 aromatic rings. The second-order valence-electron chi connectivity index (χ2n) is 3.58. The van der Waals surface area contributed by atoms with E-state index in [4.69, 9.17) is 0 Å². The highest BCUT2D eigenvalue weighted by atomic mass is 19.4. The van der Waals surface area contributed by atoms with Crippen LogP contribution in [0.3, 0.4) is 0 Å².